The van der Waals surface area contributed by atoms with Crippen LogP contribution in [0.15, 0.2) is 77.7 Å². The first-order valence-electron chi connectivity index (χ1n) is 10.1. The van der Waals surface area contributed by atoms with Crippen LogP contribution in [0.4, 0.5) is 0 Å². The number of hydrogen-bond donors (Lipinski definition) is 3. The van der Waals surface area contributed by atoms with Crippen molar-refractivity contribution in [2.24, 2.45) is 5.73 Å². The molecule has 3 aromatic rings. The van der Waals surface area contributed by atoms with Crippen LogP contribution in [0, 0.1) is 0 Å². The van der Waals surface area contributed by atoms with Crippen LogP contribution in [0.5, 0.6) is 0 Å². The fourth-order valence-electron chi connectivity index (χ4n) is 3.13. The number of ether oxygens (including phenoxy) is 1. The Bertz CT molecular complexity index is 1200. The number of esters is 1. The lowest BCUT2D eigenvalue weighted by atomic mass is 10.1. The number of rotatable bonds is 9. The predicted octanol–water partition coefficient (Wildman–Crippen LogP) is 1.87. The second kappa shape index (κ2) is 10.4. The highest BCUT2D eigenvalue weighted by Crippen LogP contribution is 2.19. The van der Waals surface area contributed by atoms with Crippen molar-refractivity contribution in [3.8, 4) is 0 Å². The molecule has 32 heavy (non-hydrogen) atoms. The Kier molecular flexibility index (Phi) is 7.57. The van der Waals surface area contributed by atoms with Gasteiger partial charge in [-0.2, -0.15) is 4.72 Å². The van der Waals surface area contributed by atoms with Gasteiger partial charge in [0.15, 0.2) is 0 Å². The second-order valence-corrected chi connectivity index (χ2v) is 8.78. The van der Waals surface area contributed by atoms with Crippen molar-refractivity contribution in [2.75, 3.05) is 13.2 Å². The first kappa shape index (κ1) is 23.4. The van der Waals surface area contributed by atoms with Crippen LogP contribution in [0.25, 0.3) is 10.8 Å². The summed E-state index contributed by atoms with van der Waals surface area (Å²) in [6, 6.07) is 18.4. The first-order chi connectivity index (χ1) is 15.3. The van der Waals surface area contributed by atoms with E-state index in [-0.39, 0.29) is 18.0 Å². The number of carbonyl (C=O) groups excluding carboxylic acids is 2. The average Bonchev–Trinajstić information content (AvgIpc) is 2.81. The van der Waals surface area contributed by atoms with Gasteiger partial charge < -0.3 is 15.8 Å². The molecule has 0 saturated heterocycles. The molecule has 0 fully saturated rings. The van der Waals surface area contributed by atoms with Crippen molar-refractivity contribution in [1.82, 2.24) is 10.0 Å². The van der Waals surface area contributed by atoms with Gasteiger partial charge >= 0.3 is 5.97 Å². The van der Waals surface area contributed by atoms with Gasteiger partial charge in [-0.3, -0.25) is 9.59 Å². The number of hydrogen-bond acceptors (Lipinski definition) is 6. The van der Waals surface area contributed by atoms with Crippen LogP contribution in [0.2, 0.25) is 0 Å². The van der Waals surface area contributed by atoms with Crippen molar-refractivity contribution >= 4 is 32.7 Å². The summed E-state index contributed by atoms with van der Waals surface area (Å²) in [7, 11) is -4.07. The molecule has 8 nitrogen and oxygen atoms in total. The van der Waals surface area contributed by atoms with E-state index in [1.54, 1.807) is 55.5 Å². The maximum absolute atomic E-state index is 12.9. The molecule has 0 aliphatic rings. The zero-order chi connectivity index (χ0) is 23.1. The zero-order valence-electron chi connectivity index (χ0n) is 17.5. The van der Waals surface area contributed by atoms with Gasteiger partial charge in [-0.15, -0.1) is 0 Å². The fourth-order valence-corrected chi connectivity index (χ4v) is 4.35. The number of benzene rings is 3. The van der Waals surface area contributed by atoms with E-state index in [1.165, 1.54) is 12.1 Å². The van der Waals surface area contributed by atoms with Crippen LogP contribution in [-0.4, -0.2) is 39.5 Å². The Labute approximate surface area is 186 Å². The van der Waals surface area contributed by atoms with E-state index in [9.17, 15) is 18.0 Å². The van der Waals surface area contributed by atoms with Gasteiger partial charge in [0.2, 0.25) is 15.9 Å². The Morgan fingerprint density at radius 2 is 1.62 bits per heavy atom. The minimum Gasteiger partial charge on any atom is -0.465 e. The molecule has 0 aromatic heterocycles. The summed E-state index contributed by atoms with van der Waals surface area (Å²) in [5, 5.41) is 4.16. The van der Waals surface area contributed by atoms with Crippen molar-refractivity contribution in [3.63, 3.8) is 0 Å². The summed E-state index contributed by atoms with van der Waals surface area (Å²) < 4.78 is 33.2. The van der Waals surface area contributed by atoms with Crippen LogP contribution in [0.1, 0.15) is 18.5 Å². The lowest BCUT2D eigenvalue weighted by Crippen LogP contribution is -2.50. The van der Waals surface area contributed by atoms with Gasteiger partial charge in [-0.1, -0.05) is 60.7 Å². The predicted molar refractivity (Wildman–Crippen MR) is 121 cm³/mol. The summed E-state index contributed by atoms with van der Waals surface area (Å²) in [6.07, 6.45) is 0. The number of nitrogens with one attached hydrogen (secondary N) is 2. The Morgan fingerprint density at radius 1 is 0.969 bits per heavy atom. The largest absolute Gasteiger partial charge is 0.465 e. The SMILES string of the molecule is CCOC(=O)C(CNC(=O)C(N)c1ccccc1)NS(=O)(=O)c1ccc2ccccc2c1. The molecule has 3 aromatic carbocycles. The van der Waals surface area contributed by atoms with Crippen molar-refractivity contribution < 1.29 is 22.7 Å². The number of nitrogens with two attached hydrogens (primary N) is 1. The van der Waals surface area contributed by atoms with Gasteiger partial charge in [0.25, 0.3) is 0 Å². The van der Waals surface area contributed by atoms with Crippen molar-refractivity contribution in [3.05, 3.63) is 78.4 Å². The minimum absolute atomic E-state index is 0.00203. The van der Waals surface area contributed by atoms with Crippen molar-refractivity contribution in [1.29, 1.82) is 0 Å². The van der Waals surface area contributed by atoms with E-state index in [1.807, 2.05) is 12.1 Å². The molecule has 2 unspecified atom stereocenters. The standard InChI is InChI=1S/C23H25N3O5S/c1-2-31-23(28)20(15-25-22(27)21(24)17-9-4-3-5-10-17)26-32(29,30)19-13-12-16-8-6-7-11-18(16)14-19/h3-14,20-21,26H,2,15,24H2,1H3,(H,25,27). The topological polar surface area (TPSA) is 128 Å². The molecule has 0 spiro atoms. The van der Waals surface area contributed by atoms with Gasteiger partial charge in [0.05, 0.1) is 11.5 Å². The molecule has 0 radical (unpaired) electrons. The maximum atomic E-state index is 12.9. The van der Waals surface area contributed by atoms with Gasteiger partial charge in [-0.05, 0) is 35.4 Å². The summed E-state index contributed by atoms with van der Waals surface area (Å²) >= 11 is 0. The molecule has 2 atom stereocenters. The molecule has 168 valence electrons. The van der Waals surface area contributed by atoms with Crippen LogP contribution in [-0.2, 0) is 24.3 Å². The molecule has 3 rings (SSSR count). The van der Waals surface area contributed by atoms with Gasteiger partial charge in [-0.25, -0.2) is 8.42 Å². The van der Waals surface area contributed by atoms with Crippen LogP contribution < -0.4 is 15.8 Å². The van der Waals surface area contributed by atoms with Gasteiger partial charge in [0, 0.05) is 6.54 Å². The average molecular weight is 456 g/mol. The third kappa shape index (κ3) is 5.70. The smallest absolute Gasteiger partial charge is 0.326 e. The molecule has 9 heteroatoms. The molecule has 4 N–H and O–H groups in total. The van der Waals surface area contributed by atoms with Gasteiger partial charge in [0.1, 0.15) is 12.1 Å². The summed E-state index contributed by atoms with van der Waals surface area (Å²) in [4.78, 5) is 24.8. The van der Waals surface area contributed by atoms with E-state index in [2.05, 4.69) is 10.0 Å². The summed E-state index contributed by atoms with van der Waals surface area (Å²) in [5.74, 6) is -1.35. The molecular weight excluding hydrogens is 430 g/mol. The van der Waals surface area contributed by atoms with E-state index in [0.717, 1.165) is 10.8 Å². The monoisotopic (exact) mass is 455 g/mol. The number of sulfonamides is 1. The molecule has 0 aliphatic carbocycles. The highest BCUT2D eigenvalue weighted by molar-refractivity contribution is 7.89. The highest BCUT2D eigenvalue weighted by atomic mass is 32.2. The van der Waals surface area contributed by atoms with E-state index in [4.69, 9.17) is 10.5 Å². The van der Waals surface area contributed by atoms with Crippen LogP contribution in [0.3, 0.4) is 0 Å². The highest BCUT2D eigenvalue weighted by Gasteiger charge is 2.28. The molecular formula is C23H25N3O5S. The Balaban J connectivity index is 1.75. The Hall–Kier alpha value is -3.27. The number of carbonyl (C=O) groups is 2. The number of fused-ring (bicyclic) bond motifs is 1. The molecule has 0 heterocycles. The second-order valence-electron chi connectivity index (χ2n) is 7.07. The third-order valence-corrected chi connectivity index (χ3v) is 6.29. The third-order valence-electron chi connectivity index (χ3n) is 4.82. The lowest BCUT2D eigenvalue weighted by Gasteiger charge is -2.19. The number of amides is 1. The molecule has 0 aliphatic heterocycles. The Morgan fingerprint density at radius 3 is 2.31 bits per heavy atom. The molecule has 0 bridgehead atoms. The fraction of sp³-hybridized carbons (Fsp3) is 0.217. The maximum Gasteiger partial charge on any atom is 0.326 e. The lowest BCUT2D eigenvalue weighted by molar-refractivity contribution is -0.145. The zero-order valence-corrected chi connectivity index (χ0v) is 18.3. The quantitative estimate of drug-likeness (QED) is 0.423. The normalized spacial score (nSPS) is 13.3. The van der Waals surface area contributed by atoms with E-state index >= 15 is 0 Å². The molecule has 1 amide bonds. The van der Waals surface area contributed by atoms with E-state index in [0.29, 0.717) is 5.56 Å². The minimum atomic E-state index is -4.07. The first-order valence-corrected chi connectivity index (χ1v) is 11.6. The summed E-state index contributed by atoms with van der Waals surface area (Å²) in [5.41, 5.74) is 6.56. The van der Waals surface area contributed by atoms with E-state index < -0.39 is 34.0 Å². The van der Waals surface area contributed by atoms with Crippen molar-refractivity contribution in [2.45, 2.75) is 23.9 Å². The molecule has 0 saturated carbocycles. The van der Waals surface area contributed by atoms with Crippen LogP contribution >= 0.6 is 0 Å². The summed E-state index contributed by atoms with van der Waals surface area (Å²) in [6.45, 7) is 1.35.